The minimum absolute atomic E-state index is 0.174. The summed E-state index contributed by atoms with van der Waals surface area (Å²) in [4.78, 5) is 26.0. The van der Waals surface area contributed by atoms with Crippen LogP contribution >= 0.6 is 15.9 Å². The van der Waals surface area contributed by atoms with Gasteiger partial charge in [0.15, 0.2) is 0 Å². The minimum atomic E-state index is -0.570. The number of aryl methyl sites for hydroxylation is 1. The predicted octanol–water partition coefficient (Wildman–Crippen LogP) is 4.42. The minimum Gasteiger partial charge on any atom is -0.444 e. The van der Waals surface area contributed by atoms with Gasteiger partial charge in [-0.2, -0.15) is 0 Å². The molecule has 1 aromatic rings. The number of alkyl carbamates (subject to hydrolysis) is 1. The fourth-order valence-corrected chi connectivity index (χ4v) is 3.19. The first kappa shape index (κ1) is 20.5. The van der Waals surface area contributed by atoms with E-state index >= 15 is 0 Å². The molecule has 1 heterocycles. The predicted molar refractivity (Wildman–Crippen MR) is 102 cm³/mol. The number of rotatable bonds is 2. The van der Waals surface area contributed by atoms with Gasteiger partial charge < -0.3 is 20.3 Å². The van der Waals surface area contributed by atoms with Crippen molar-refractivity contribution in [3.8, 4) is 0 Å². The number of carbonyl (C=O) groups excluding carboxylic acids is 2. The Morgan fingerprint density at radius 1 is 1.35 bits per heavy atom. The van der Waals surface area contributed by atoms with Crippen molar-refractivity contribution < 1.29 is 18.7 Å². The molecule has 8 heteroatoms. The molecule has 3 amide bonds. The zero-order valence-electron chi connectivity index (χ0n) is 15.5. The molecule has 0 unspecified atom stereocenters. The lowest BCUT2D eigenvalue weighted by Crippen LogP contribution is -2.51. The largest absolute Gasteiger partial charge is 0.444 e. The number of piperidine rings is 1. The zero-order valence-corrected chi connectivity index (χ0v) is 17.1. The topological polar surface area (TPSA) is 70.7 Å². The molecular weight excluding hydrogens is 405 g/mol. The van der Waals surface area contributed by atoms with E-state index in [0.29, 0.717) is 23.2 Å². The number of ether oxygens (including phenoxy) is 1. The van der Waals surface area contributed by atoms with E-state index in [1.807, 2.05) is 0 Å². The maximum absolute atomic E-state index is 13.7. The van der Waals surface area contributed by atoms with Gasteiger partial charge in [0, 0.05) is 24.8 Å². The van der Waals surface area contributed by atoms with Crippen molar-refractivity contribution in [2.45, 2.75) is 52.2 Å². The maximum Gasteiger partial charge on any atom is 0.407 e. The second-order valence-corrected chi connectivity index (χ2v) is 8.30. The Kier molecular flexibility index (Phi) is 6.49. The molecule has 1 atom stereocenters. The van der Waals surface area contributed by atoms with Crippen molar-refractivity contribution >= 4 is 33.7 Å². The molecule has 0 saturated carbocycles. The number of anilines is 1. The molecule has 0 radical (unpaired) electrons. The highest BCUT2D eigenvalue weighted by Gasteiger charge is 2.27. The van der Waals surface area contributed by atoms with Gasteiger partial charge in [0.25, 0.3) is 0 Å². The van der Waals surface area contributed by atoms with Crippen molar-refractivity contribution in [3.63, 3.8) is 0 Å². The third-order valence-electron chi connectivity index (χ3n) is 3.94. The molecule has 1 aliphatic heterocycles. The Balaban J connectivity index is 1.95. The van der Waals surface area contributed by atoms with Crippen LogP contribution in [-0.4, -0.2) is 41.8 Å². The smallest absolute Gasteiger partial charge is 0.407 e. The maximum atomic E-state index is 13.7. The van der Waals surface area contributed by atoms with E-state index < -0.39 is 17.5 Å². The molecule has 144 valence electrons. The Hall–Kier alpha value is -1.83. The molecule has 26 heavy (non-hydrogen) atoms. The van der Waals surface area contributed by atoms with E-state index in [1.54, 1.807) is 38.7 Å². The van der Waals surface area contributed by atoms with Crippen molar-refractivity contribution in [3.05, 3.63) is 28.0 Å². The first-order valence-electron chi connectivity index (χ1n) is 8.56. The molecule has 0 bridgehead atoms. The van der Waals surface area contributed by atoms with Crippen molar-refractivity contribution in [1.29, 1.82) is 0 Å². The Labute approximate surface area is 161 Å². The van der Waals surface area contributed by atoms with Crippen LogP contribution in [0, 0.1) is 12.7 Å². The molecule has 1 saturated heterocycles. The second kappa shape index (κ2) is 8.24. The number of carbonyl (C=O) groups is 2. The van der Waals surface area contributed by atoms with Crippen LogP contribution in [-0.2, 0) is 4.74 Å². The standard InChI is InChI=1S/C18H25BrFN3O3/c1-11-8-13(19)14(20)9-15(11)22-16(24)23-7-5-6-12(10-23)21-17(25)26-18(2,3)4/h8-9,12H,5-7,10H2,1-4H3,(H,21,25)(H,22,24)/t12-/m0/s1. The SMILES string of the molecule is Cc1cc(Br)c(F)cc1NC(=O)N1CCC[C@H](NC(=O)OC(C)(C)C)C1. The summed E-state index contributed by atoms with van der Waals surface area (Å²) in [5, 5.41) is 5.55. The molecular formula is C18H25BrFN3O3. The van der Waals surface area contributed by atoms with E-state index in [-0.39, 0.29) is 12.1 Å². The monoisotopic (exact) mass is 429 g/mol. The lowest BCUT2D eigenvalue weighted by Gasteiger charge is -2.33. The fraction of sp³-hybridized carbons (Fsp3) is 0.556. The molecule has 1 fully saturated rings. The summed E-state index contributed by atoms with van der Waals surface area (Å²) in [6.07, 6.45) is 1.05. The van der Waals surface area contributed by atoms with Gasteiger partial charge in [-0.1, -0.05) is 0 Å². The molecule has 2 N–H and O–H groups in total. The summed E-state index contributed by atoms with van der Waals surface area (Å²) < 4.78 is 19.3. The molecule has 0 aromatic heterocycles. The summed E-state index contributed by atoms with van der Waals surface area (Å²) in [5.41, 5.74) is 0.615. The van der Waals surface area contributed by atoms with Crippen LogP contribution in [0.5, 0.6) is 0 Å². The van der Waals surface area contributed by atoms with Gasteiger partial charge in [-0.15, -0.1) is 0 Å². The third kappa shape index (κ3) is 5.86. The van der Waals surface area contributed by atoms with Crippen LogP contribution < -0.4 is 10.6 Å². The number of amides is 3. The lowest BCUT2D eigenvalue weighted by atomic mass is 10.1. The highest BCUT2D eigenvalue weighted by molar-refractivity contribution is 9.10. The van der Waals surface area contributed by atoms with Gasteiger partial charge >= 0.3 is 12.1 Å². The zero-order chi connectivity index (χ0) is 19.5. The average Bonchev–Trinajstić information content (AvgIpc) is 2.50. The lowest BCUT2D eigenvalue weighted by molar-refractivity contribution is 0.0480. The highest BCUT2D eigenvalue weighted by atomic mass is 79.9. The molecule has 1 aliphatic rings. The van der Waals surface area contributed by atoms with Crippen LogP contribution in [0.25, 0.3) is 0 Å². The van der Waals surface area contributed by atoms with Crippen molar-refractivity contribution in [1.82, 2.24) is 10.2 Å². The van der Waals surface area contributed by atoms with Crippen LogP contribution in [0.1, 0.15) is 39.2 Å². The summed E-state index contributed by atoms with van der Waals surface area (Å²) in [6.45, 7) is 8.15. The van der Waals surface area contributed by atoms with Crippen LogP contribution in [0.2, 0.25) is 0 Å². The number of hydrogen-bond donors (Lipinski definition) is 2. The summed E-state index contributed by atoms with van der Waals surface area (Å²) >= 11 is 3.12. The van der Waals surface area contributed by atoms with Crippen molar-refractivity contribution in [2.24, 2.45) is 0 Å². The number of likely N-dealkylation sites (tertiary alicyclic amines) is 1. The number of urea groups is 1. The summed E-state index contributed by atoms with van der Waals surface area (Å²) in [7, 11) is 0. The first-order chi connectivity index (χ1) is 12.0. The number of halogens is 2. The average molecular weight is 430 g/mol. The van der Waals surface area contributed by atoms with Gasteiger partial charge in [0.1, 0.15) is 11.4 Å². The van der Waals surface area contributed by atoms with Crippen LogP contribution in [0.4, 0.5) is 19.7 Å². The Morgan fingerprint density at radius 2 is 2.04 bits per heavy atom. The number of hydrogen-bond acceptors (Lipinski definition) is 3. The van der Waals surface area contributed by atoms with Crippen molar-refractivity contribution in [2.75, 3.05) is 18.4 Å². The van der Waals surface area contributed by atoms with E-state index in [2.05, 4.69) is 26.6 Å². The molecule has 1 aromatic carbocycles. The van der Waals surface area contributed by atoms with Crippen LogP contribution in [0.15, 0.2) is 16.6 Å². The van der Waals surface area contributed by atoms with E-state index in [0.717, 1.165) is 18.4 Å². The summed E-state index contributed by atoms with van der Waals surface area (Å²) in [6, 6.07) is 2.42. The molecule has 2 rings (SSSR count). The van der Waals surface area contributed by atoms with E-state index in [9.17, 15) is 14.0 Å². The second-order valence-electron chi connectivity index (χ2n) is 7.44. The normalized spacial score (nSPS) is 17.6. The van der Waals surface area contributed by atoms with Gasteiger partial charge in [-0.25, -0.2) is 14.0 Å². The van der Waals surface area contributed by atoms with E-state index in [4.69, 9.17) is 4.74 Å². The summed E-state index contributed by atoms with van der Waals surface area (Å²) in [5.74, 6) is -0.436. The van der Waals surface area contributed by atoms with Gasteiger partial charge in [-0.05, 0) is 74.2 Å². The van der Waals surface area contributed by atoms with Gasteiger partial charge in [0.05, 0.1) is 4.47 Å². The first-order valence-corrected chi connectivity index (χ1v) is 9.35. The van der Waals surface area contributed by atoms with E-state index in [1.165, 1.54) is 6.07 Å². The quantitative estimate of drug-likeness (QED) is 0.730. The highest BCUT2D eigenvalue weighted by Crippen LogP contribution is 2.24. The Bertz CT molecular complexity index is 691. The molecule has 0 spiro atoms. The Morgan fingerprint density at radius 3 is 2.69 bits per heavy atom. The molecule has 6 nitrogen and oxygen atoms in total. The number of nitrogens with one attached hydrogen (secondary N) is 2. The van der Waals surface area contributed by atoms with Gasteiger partial charge in [0.2, 0.25) is 0 Å². The fourth-order valence-electron chi connectivity index (χ4n) is 2.73. The number of benzene rings is 1. The number of nitrogens with zero attached hydrogens (tertiary/aromatic N) is 1. The van der Waals surface area contributed by atoms with Gasteiger partial charge in [-0.3, -0.25) is 0 Å². The molecule has 0 aliphatic carbocycles. The third-order valence-corrected chi connectivity index (χ3v) is 4.55. The van der Waals surface area contributed by atoms with Crippen LogP contribution in [0.3, 0.4) is 0 Å².